The molecule has 0 spiro atoms. The van der Waals surface area contributed by atoms with Gasteiger partial charge < -0.3 is 19.8 Å². The molecule has 0 amide bonds. The number of ether oxygens (including phenoxy) is 1. The summed E-state index contributed by atoms with van der Waals surface area (Å²) in [5.74, 6) is -1.83. The van der Waals surface area contributed by atoms with Crippen molar-refractivity contribution in [1.29, 1.82) is 0 Å². The Labute approximate surface area is 178 Å². The van der Waals surface area contributed by atoms with E-state index in [0.29, 0.717) is 0 Å². The molecule has 12 heteroatoms. The van der Waals surface area contributed by atoms with Gasteiger partial charge in [0.25, 0.3) is 0 Å². The lowest BCUT2D eigenvalue weighted by Gasteiger charge is -2.32. The number of carbonyl (C=O) groups excluding carboxylic acids is 1. The lowest BCUT2D eigenvalue weighted by atomic mass is 9.79. The number of alkyl halides is 3. The number of anilines is 1. The maximum atomic E-state index is 14.2. The molecule has 0 radical (unpaired) electrons. The molecular weight excluding hydrogens is 450 g/mol. The highest BCUT2D eigenvalue weighted by atomic mass is 35.5. The van der Waals surface area contributed by atoms with Crippen LogP contribution in [0.4, 0.5) is 24.8 Å². The molecule has 0 bridgehead atoms. The predicted molar refractivity (Wildman–Crippen MR) is 103 cm³/mol. The minimum atomic E-state index is -4.65. The van der Waals surface area contributed by atoms with Crippen LogP contribution in [-0.4, -0.2) is 42.3 Å². The summed E-state index contributed by atoms with van der Waals surface area (Å²) in [6, 6.07) is 6.11. The number of rotatable bonds is 4. The third kappa shape index (κ3) is 3.89. The van der Waals surface area contributed by atoms with Gasteiger partial charge in [-0.3, -0.25) is 0 Å². The van der Waals surface area contributed by atoms with Crippen molar-refractivity contribution in [3.8, 4) is 0 Å². The molecule has 1 aliphatic heterocycles. The van der Waals surface area contributed by atoms with Crippen LogP contribution in [0.15, 0.2) is 30.3 Å². The zero-order chi connectivity index (χ0) is 22.3. The summed E-state index contributed by atoms with van der Waals surface area (Å²) >= 11 is 11.8. The number of carbonyl (C=O) groups is 1. The molecule has 3 rings (SSSR count). The van der Waals surface area contributed by atoms with Crippen molar-refractivity contribution in [3.63, 3.8) is 0 Å². The second-order valence-corrected chi connectivity index (χ2v) is 7.57. The standard InChI is InChI=1S/C18H14Cl2F3N3O4/c1-30-16(27)13-2-3-14(24-15(13)26(28)29)25-5-4-17(9-25,18(21,22)23)10-6-11(19)8-12(20)7-10/h2-3,6-8H,4-5,9H2,1H3. The smallest absolute Gasteiger partial charge is 0.400 e. The SMILES string of the molecule is COC(=O)c1ccc(N2CCC(c3cc(Cl)cc(Cl)c3)(C(F)(F)F)C2)nc1[N+](=O)[O-]. The van der Waals surface area contributed by atoms with Crippen LogP contribution in [0, 0.1) is 10.1 Å². The molecule has 160 valence electrons. The Hall–Kier alpha value is -2.59. The van der Waals surface area contributed by atoms with Crippen molar-refractivity contribution >= 4 is 40.8 Å². The van der Waals surface area contributed by atoms with Crippen LogP contribution in [-0.2, 0) is 10.2 Å². The first-order chi connectivity index (χ1) is 14.0. The van der Waals surface area contributed by atoms with Crippen molar-refractivity contribution in [2.75, 3.05) is 25.1 Å². The van der Waals surface area contributed by atoms with E-state index in [2.05, 4.69) is 9.72 Å². The maximum absolute atomic E-state index is 14.2. The molecule has 1 aromatic heterocycles. The minimum absolute atomic E-state index is 0.0615. The zero-order valence-electron chi connectivity index (χ0n) is 15.4. The maximum Gasteiger partial charge on any atom is 0.400 e. The Bertz CT molecular complexity index is 998. The summed E-state index contributed by atoms with van der Waals surface area (Å²) in [6.07, 6.45) is -4.98. The van der Waals surface area contributed by atoms with Gasteiger partial charge in [0.1, 0.15) is 5.41 Å². The molecule has 1 fully saturated rings. The Morgan fingerprint density at radius 3 is 2.43 bits per heavy atom. The number of hydrogen-bond acceptors (Lipinski definition) is 6. The van der Waals surface area contributed by atoms with Gasteiger partial charge in [-0.1, -0.05) is 23.2 Å². The summed E-state index contributed by atoms with van der Waals surface area (Å²) in [5, 5.41) is 11.4. The lowest BCUT2D eigenvalue weighted by molar-refractivity contribution is -0.389. The first-order valence-electron chi connectivity index (χ1n) is 8.50. The van der Waals surface area contributed by atoms with Crippen LogP contribution in [0.1, 0.15) is 22.3 Å². The number of benzene rings is 1. The van der Waals surface area contributed by atoms with Crippen molar-refractivity contribution in [3.05, 3.63) is 61.6 Å². The Morgan fingerprint density at radius 2 is 1.90 bits per heavy atom. The molecular formula is C18H14Cl2F3N3O4. The summed E-state index contributed by atoms with van der Waals surface area (Å²) in [6.45, 7) is -0.625. The van der Waals surface area contributed by atoms with Crippen molar-refractivity contribution in [2.45, 2.75) is 18.0 Å². The Morgan fingerprint density at radius 1 is 1.27 bits per heavy atom. The molecule has 1 aliphatic rings. The number of aromatic nitrogens is 1. The molecule has 1 aromatic carbocycles. The van der Waals surface area contributed by atoms with Gasteiger partial charge in [0.15, 0.2) is 5.56 Å². The van der Waals surface area contributed by atoms with Crippen LogP contribution in [0.25, 0.3) is 0 Å². The monoisotopic (exact) mass is 463 g/mol. The number of esters is 1. The van der Waals surface area contributed by atoms with E-state index < -0.39 is 40.4 Å². The average Bonchev–Trinajstić information content (AvgIpc) is 3.13. The van der Waals surface area contributed by atoms with Gasteiger partial charge in [0, 0.05) is 29.2 Å². The number of hydrogen-bond donors (Lipinski definition) is 0. The van der Waals surface area contributed by atoms with Crippen molar-refractivity contribution in [1.82, 2.24) is 4.98 Å². The fraction of sp³-hybridized carbons (Fsp3) is 0.333. The molecule has 0 aliphatic carbocycles. The van der Waals surface area contributed by atoms with Gasteiger partial charge >= 0.3 is 18.0 Å². The third-order valence-corrected chi connectivity index (χ3v) is 5.43. The van der Waals surface area contributed by atoms with Crippen LogP contribution in [0.5, 0.6) is 0 Å². The van der Waals surface area contributed by atoms with E-state index in [1.807, 2.05) is 0 Å². The predicted octanol–water partition coefficient (Wildman–Crippen LogP) is 4.79. The molecule has 0 N–H and O–H groups in total. The van der Waals surface area contributed by atoms with E-state index in [0.717, 1.165) is 13.2 Å². The van der Waals surface area contributed by atoms with Gasteiger partial charge in [0.05, 0.1) is 7.11 Å². The number of methoxy groups -OCH3 is 1. The van der Waals surface area contributed by atoms with E-state index in [4.69, 9.17) is 23.2 Å². The Kier molecular flexibility index (Phi) is 5.83. The van der Waals surface area contributed by atoms with Crippen LogP contribution in [0.2, 0.25) is 10.0 Å². The second-order valence-electron chi connectivity index (χ2n) is 6.70. The van der Waals surface area contributed by atoms with Gasteiger partial charge in [-0.15, -0.1) is 0 Å². The largest absolute Gasteiger partial charge is 0.465 e. The first kappa shape index (κ1) is 22.1. The number of nitrogens with zero attached hydrogens (tertiary/aromatic N) is 3. The molecule has 1 atom stereocenters. The molecule has 0 saturated carbocycles. The normalized spacial score (nSPS) is 19.1. The minimum Gasteiger partial charge on any atom is -0.465 e. The molecule has 30 heavy (non-hydrogen) atoms. The number of pyridine rings is 1. The van der Waals surface area contributed by atoms with Crippen LogP contribution >= 0.6 is 23.2 Å². The van der Waals surface area contributed by atoms with Gasteiger partial charge in [-0.2, -0.15) is 13.2 Å². The van der Waals surface area contributed by atoms with Gasteiger partial charge in [0.2, 0.25) is 5.82 Å². The highest BCUT2D eigenvalue weighted by Crippen LogP contribution is 2.49. The van der Waals surface area contributed by atoms with Crippen molar-refractivity contribution < 1.29 is 27.6 Å². The van der Waals surface area contributed by atoms with E-state index in [1.165, 1.54) is 29.2 Å². The number of halogens is 5. The third-order valence-electron chi connectivity index (χ3n) is 4.99. The number of nitro groups is 1. The molecule has 1 saturated heterocycles. The van der Waals surface area contributed by atoms with E-state index in [1.54, 1.807) is 0 Å². The topological polar surface area (TPSA) is 85.6 Å². The Balaban J connectivity index is 2.04. The summed E-state index contributed by atoms with van der Waals surface area (Å²) in [4.78, 5) is 27.2. The molecule has 2 heterocycles. The molecule has 7 nitrogen and oxygen atoms in total. The highest BCUT2D eigenvalue weighted by molar-refractivity contribution is 6.34. The van der Waals surface area contributed by atoms with Gasteiger partial charge in [-0.25, -0.2) is 4.79 Å². The second kappa shape index (κ2) is 7.92. The summed E-state index contributed by atoms with van der Waals surface area (Å²) in [7, 11) is 1.05. The lowest BCUT2D eigenvalue weighted by Crippen LogP contribution is -2.45. The molecule has 2 aromatic rings. The van der Waals surface area contributed by atoms with Crippen LogP contribution in [0.3, 0.4) is 0 Å². The van der Waals surface area contributed by atoms with E-state index >= 15 is 0 Å². The summed E-state index contributed by atoms with van der Waals surface area (Å²) in [5.41, 5.74) is -2.79. The zero-order valence-corrected chi connectivity index (χ0v) is 16.9. The quantitative estimate of drug-likeness (QED) is 0.368. The average molecular weight is 464 g/mol. The van der Waals surface area contributed by atoms with Gasteiger partial charge in [-0.05, 0) is 46.2 Å². The van der Waals surface area contributed by atoms with Crippen molar-refractivity contribution in [2.24, 2.45) is 0 Å². The highest BCUT2D eigenvalue weighted by Gasteiger charge is 2.59. The van der Waals surface area contributed by atoms with E-state index in [9.17, 15) is 28.1 Å². The fourth-order valence-electron chi connectivity index (χ4n) is 3.49. The first-order valence-corrected chi connectivity index (χ1v) is 9.26. The molecule has 1 unspecified atom stereocenters. The van der Waals surface area contributed by atoms with Crippen LogP contribution < -0.4 is 4.90 Å². The summed E-state index contributed by atoms with van der Waals surface area (Å²) < 4.78 is 47.0. The fourth-order valence-corrected chi connectivity index (χ4v) is 4.02. The van der Waals surface area contributed by atoms with E-state index in [-0.39, 0.29) is 34.4 Å².